The second-order valence-electron chi connectivity index (χ2n) is 6.96. The maximum atomic E-state index is 12.3. The summed E-state index contributed by atoms with van der Waals surface area (Å²) in [5, 5.41) is 4.08. The molecule has 2 saturated heterocycles. The van der Waals surface area contributed by atoms with Crippen LogP contribution in [0.25, 0.3) is 0 Å². The third-order valence-corrected chi connectivity index (χ3v) is 6.37. The summed E-state index contributed by atoms with van der Waals surface area (Å²) in [6, 6.07) is 0. The molecule has 0 saturated carbocycles. The second kappa shape index (κ2) is 6.97. The average molecular weight is 392 g/mol. The van der Waals surface area contributed by atoms with Gasteiger partial charge in [-0.15, -0.1) is 0 Å². The number of rotatable bonds is 4. The monoisotopic (exact) mass is 392 g/mol. The van der Waals surface area contributed by atoms with E-state index in [2.05, 4.69) is 20.1 Å². The highest BCUT2D eigenvalue weighted by molar-refractivity contribution is 7.88. The summed E-state index contributed by atoms with van der Waals surface area (Å²) in [6.07, 6.45) is 6.96. The van der Waals surface area contributed by atoms with E-state index in [0.717, 1.165) is 0 Å². The fourth-order valence-corrected chi connectivity index (χ4v) is 4.29. The first-order chi connectivity index (χ1) is 12.9. The van der Waals surface area contributed by atoms with Crippen molar-refractivity contribution in [3.8, 4) is 0 Å². The zero-order valence-corrected chi connectivity index (χ0v) is 15.7. The van der Waals surface area contributed by atoms with Crippen LogP contribution in [-0.4, -0.2) is 76.1 Å². The molecule has 2 aliphatic rings. The Balaban J connectivity index is 1.33. The van der Waals surface area contributed by atoms with Gasteiger partial charge in [0.05, 0.1) is 17.7 Å². The number of hydrogen-bond acceptors (Lipinski definition) is 8. The lowest BCUT2D eigenvalue weighted by Crippen LogP contribution is -2.48. The Kier molecular flexibility index (Phi) is 4.64. The van der Waals surface area contributed by atoms with Gasteiger partial charge >= 0.3 is 0 Å². The molecule has 0 unspecified atom stereocenters. The van der Waals surface area contributed by atoms with Crippen LogP contribution in [0.5, 0.6) is 0 Å². The predicted octanol–water partition coefficient (Wildman–Crippen LogP) is 0.238. The van der Waals surface area contributed by atoms with E-state index < -0.39 is 10.0 Å². The molecule has 144 valence electrons. The van der Waals surface area contributed by atoms with Crippen LogP contribution in [0, 0.1) is 0 Å². The topological polar surface area (TPSA) is 122 Å². The van der Waals surface area contributed by atoms with Crippen molar-refractivity contribution in [2.75, 3.05) is 32.4 Å². The largest absolute Gasteiger partial charge is 0.339 e. The Morgan fingerprint density at radius 3 is 2.44 bits per heavy atom. The van der Waals surface area contributed by atoms with Crippen molar-refractivity contribution in [2.24, 2.45) is 0 Å². The Morgan fingerprint density at radius 2 is 1.81 bits per heavy atom. The molecule has 0 bridgehead atoms. The molecule has 4 rings (SSSR count). The first-order valence-corrected chi connectivity index (χ1v) is 10.6. The predicted molar refractivity (Wildman–Crippen MR) is 93.4 cm³/mol. The normalized spacial score (nSPS) is 19.8. The molecular formula is C16H20N6O4S. The minimum absolute atomic E-state index is 0.0240. The van der Waals surface area contributed by atoms with Crippen molar-refractivity contribution in [3.63, 3.8) is 0 Å². The zero-order chi connectivity index (χ0) is 19.0. The Morgan fingerprint density at radius 1 is 1.15 bits per heavy atom. The van der Waals surface area contributed by atoms with Crippen LogP contribution in [0.1, 0.15) is 46.8 Å². The summed E-state index contributed by atoms with van der Waals surface area (Å²) < 4.78 is 30.1. The van der Waals surface area contributed by atoms with Crippen molar-refractivity contribution >= 4 is 15.9 Å². The van der Waals surface area contributed by atoms with E-state index in [-0.39, 0.29) is 17.7 Å². The van der Waals surface area contributed by atoms with Crippen LogP contribution in [0.2, 0.25) is 0 Å². The number of nitrogens with zero attached hydrogens (tertiary/aromatic N) is 6. The number of sulfonamides is 1. The number of carbonyl (C=O) groups excluding carboxylic acids is 1. The van der Waals surface area contributed by atoms with Crippen LogP contribution in [0.15, 0.2) is 23.2 Å². The van der Waals surface area contributed by atoms with E-state index in [1.807, 2.05) is 0 Å². The lowest BCUT2D eigenvalue weighted by atomic mass is 9.97. The number of hydrogen-bond donors (Lipinski definition) is 0. The van der Waals surface area contributed by atoms with Crippen molar-refractivity contribution < 1.29 is 17.7 Å². The average Bonchev–Trinajstić information content (AvgIpc) is 3.10. The maximum Gasteiger partial charge on any atom is 0.257 e. The number of likely N-dealkylation sites (tertiary alicyclic amines) is 1. The summed E-state index contributed by atoms with van der Waals surface area (Å²) in [5.41, 5.74) is 0.458. The summed E-state index contributed by atoms with van der Waals surface area (Å²) in [5.74, 6) is 1.17. The third kappa shape index (κ3) is 3.69. The van der Waals surface area contributed by atoms with Crippen LogP contribution < -0.4 is 0 Å². The van der Waals surface area contributed by atoms with Gasteiger partial charge in [-0.25, -0.2) is 22.7 Å². The summed E-state index contributed by atoms with van der Waals surface area (Å²) in [4.78, 5) is 26.2. The lowest BCUT2D eigenvalue weighted by molar-refractivity contribution is 0.0568. The van der Waals surface area contributed by atoms with Crippen LogP contribution in [-0.2, 0) is 10.0 Å². The van der Waals surface area contributed by atoms with E-state index in [9.17, 15) is 13.2 Å². The molecule has 2 aromatic heterocycles. The molecule has 0 aromatic carbocycles. The van der Waals surface area contributed by atoms with E-state index in [1.54, 1.807) is 4.90 Å². The highest BCUT2D eigenvalue weighted by Crippen LogP contribution is 2.31. The quantitative estimate of drug-likeness (QED) is 0.725. The van der Waals surface area contributed by atoms with E-state index in [1.165, 1.54) is 29.3 Å². The molecule has 0 aliphatic carbocycles. The Hall–Kier alpha value is -2.40. The smallest absolute Gasteiger partial charge is 0.257 e. The molecule has 2 aliphatic heterocycles. The van der Waals surface area contributed by atoms with Gasteiger partial charge in [-0.05, 0) is 12.8 Å². The Bertz CT molecular complexity index is 917. The molecule has 0 N–H and O–H groups in total. The highest BCUT2D eigenvalue weighted by atomic mass is 32.2. The number of amides is 1. The standard InChI is InChI=1S/C16H20N6O4S/c1-27(24,25)22-4-2-11(3-5-22)14-19-15(26-20-14)13-8-21(9-13)16(23)12-6-17-10-18-7-12/h6-7,10-11,13H,2-5,8-9H2,1H3. The van der Waals surface area contributed by atoms with Gasteiger partial charge in [0.25, 0.3) is 5.91 Å². The summed E-state index contributed by atoms with van der Waals surface area (Å²) in [7, 11) is -3.15. The van der Waals surface area contributed by atoms with E-state index in [0.29, 0.717) is 56.3 Å². The molecule has 0 radical (unpaired) electrons. The summed E-state index contributed by atoms with van der Waals surface area (Å²) in [6.45, 7) is 1.97. The van der Waals surface area contributed by atoms with Gasteiger partial charge in [-0.1, -0.05) is 5.16 Å². The fourth-order valence-electron chi connectivity index (χ4n) is 3.42. The molecule has 27 heavy (non-hydrogen) atoms. The minimum atomic E-state index is -3.15. The van der Waals surface area contributed by atoms with Crippen molar-refractivity contribution in [2.45, 2.75) is 24.7 Å². The molecule has 2 fully saturated rings. The van der Waals surface area contributed by atoms with Gasteiger partial charge in [0.1, 0.15) is 6.33 Å². The third-order valence-electron chi connectivity index (χ3n) is 5.07. The van der Waals surface area contributed by atoms with Gasteiger partial charge in [0.15, 0.2) is 5.82 Å². The van der Waals surface area contributed by atoms with Gasteiger partial charge in [-0.3, -0.25) is 4.79 Å². The van der Waals surface area contributed by atoms with Gasteiger partial charge < -0.3 is 9.42 Å². The SMILES string of the molecule is CS(=O)(=O)N1CCC(c2noc(C3CN(C(=O)c4cncnc4)C3)n2)CC1. The van der Waals surface area contributed by atoms with E-state index >= 15 is 0 Å². The molecule has 0 spiro atoms. The first-order valence-electron chi connectivity index (χ1n) is 8.74. The minimum Gasteiger partial charge on any atom is -0.339 e. The van der Waals surface area contributed by atoms with Gasteiger partial charge in [0.2, 0.25) is 15.9 Å². The maximum absolute atomic E-state index is 12.3. The summed E-state index contributed by atoms with van der Waals surface area (Å²) >= 11 is 0. The molecular weight excluding hydrogens is 372 g/mol. The molecule has 2 aromatic rings. The Labute approximate surface area is 156 Å². The van der Waals surface area contributed by atoms with E-state index in [4.69, 9.17) is 4.52 Å². The zero-order valence-electron chi connectivity index (χ0n) is 14.9. The van der Waals surface area contributed by atoms with Crippen molar-refractivity contribution in [1.82, 2.24) is 29.3 Å². The van der Waals surface area contributed by atoms with Crippen LogP contribution in [0.3, 0.4) is 0 Å². The fraction of sp³-hybridized carbons (Fsp3) is 0.562. The molecule has 0 atom stereocenters. The number of aromatic nitrogens is 4. The lowest BCUT2D eigenvalue weighted by Gasteiger charge is -2.36. The molecule has 4 heterocycles. The molecule has 1 amide bonds. The van der Waals surface area contributed by atoms with Gasteiger partial charge in [0, 0.05) is 44.5 Å². The van der Waals surface area contributed by atoms with Crippen LogP contribution >= 0.6 is 0 Å². The second-order valence-corrected chi connectivity index (χ2v) is 8.94. The van der Waals surface area contributed by atoms with Crippen LogP contribution in [0.4, 0.5) is 0 Å². The van der Waals surface area contributed by atoms with Crippen molar-refractivity contribution in [1.29, 1.82) is 0 Å². The molecule has 11 heteroatoms. The van der Waals surface area contributed by atoms with Crippen molar-refractivity contribution in [3.05, 3.63) is 36.0 Å². The highest BCUT2D eigenvalue weighted by Gasteiger charge is 2.37. The molecule has 10 nitrogen and oxygen atoms in total. The number of piperidine rings is 1. The first kappa shape index (κ1) is 18.0. The number of carbonyl (C=O) groups is 1. The van der Waals surface area contributed by atoms with Gasteiger partial charge in [-0.2, -0.15) is 4.98 Å².